The molecule has 3 aliphatic rings. The van der Waals surface area contributed by atoms with Crippen LogP contribution in [0.25, 0.3) is 0 Å². The first kappa shape index (κ1) is 24.0. The van der Waals surface area contributed by atoms with Crippen LogP contribution in [-0.4, -0.2) is 68.0 Å². The smallest absolute Gasteiger partial charge is 0.230 e. The minimum atomic E-state index is -3.65. The molecule has 0 spiro atoms. The summed E-state index contributed by atoms with van der Waals surface area (Å²) in [4.78, 5) is 31.6. The maximum atomic E-state index is 13.3. The second kappa shape index (κ2) is 9.74. The van der Waals surface area contributed by atoms with E-state index in [-0.39, 0.29) is 29.0 Å². The van der Waals surface area contributed by atoms with Crippen LogP contribution in [0, 0.1) is 5.92 Å². The van der Waals surface area contributed by atoms with Crippen molar-refractivity contribution in [2.45, 2.75) is 49.3 Å². The molecule has 2 amide bonds. The SMILES string of the molecule is C[C@@H](CC(=O)N1CCN(Cc2ccccc2)CC1)S(=O)(=O)c1ccc2c(c1)CCN2C(=O)C1CC1. The van der Waals surface area contributed by atoms with Gasteiger partial charge in [-0.3, -0.25) is 14.5 Å². The molecule has 2 aliphatic heterocycles. The lowest BCUT2D eigenvalue weighted by molar-refractivity contribution is -0.133. The number of hydrogen-bond donors (Lipinski definition) is 0. The highest BCUT2D eigenvalue weighted by atomic mass is 32.2. The first-order valence-electron chi connectivity index (χ1n) is 12.5. The predicted octanol–water partition coefficient (Wildman–Crippen LogP) is 2.88. The van der Waals surface area contributed by atoms with Crippen molar-refractivity contribution in [1.82, 2.24) is 9.80 Å². The molecule has 2 heterocycles. The predicted molar refractivity (Wildman–Crippen MR) is 135 cm³/mol. The number of sulfone groups is 1. The van der Waals surface area contributed by atoms with Crippen LogP contribution in [0.1, 0.15) is 37.3 Å². The first-order valence-corrected chi connectivity index (χ1v) is 14.1. The maximum Gasteiger partial charge on any atom is 0.230 e. The van der Waals surface area contributed by atoms with E-state index in [2.05, 4.69) is 17.0 Å². The molecule has 2 fully saturated rings. The number of benzene rings is 2. The van der Waals surface area contributed by atoms with Gasteiger partial charge in [0.15, 0.2) is 9.84 Å². The standard InChI is InChI=1S/C27H33N3O4S/c1-20(17-26(31)29-15-13-28(14-16-29)19-21-5-3-2-4-6-21)35(33,34)24-9-10-25-23(18-24)11-12-30(25)27(32)22-7-8-22/h2-6,9-10,18,20,22H,7-8,11-17,19H2,1H3/t20-/m0/s1. The van der Waals surface area contributed by atoms with Gasteiger partial charge in [0.1, 0.15) is 0 Å². The average Bonchev–Trinajstić information content (AvgIpc) is 3.63. The molecule has 35 heavy (non-hydrogen) atoms. The lowest BCUT2D eigenvalue weighted by Gasteiger charge is -2.35. The van der Waals surface area contributed by atoms with Gasteiger partial charge >= 0.3 is 0 Å². The van der Waals surface area contributed by atoms with Crippen molar-refractivity contribution < 1.29 is 18.0 Å². The minimum absolute atomic E-state index is 0.0234. The van der Waals surface area contributed by atoms with Crippen LogP contribution < -0.4 is 4.90 Å². The molecule has 186 valence electrons. The quantitative estimate of drug-likeness (QED) is 0.590. The molecule has 5 rings (SSSR count). The average molecular weight is 496 g/mol. The topological polar surface area (TPSA) is 78.0 Å². The second-order valence-electron chi connectivity index (χ2n) is 10.0. The minimum Gasteiger partial charge on any atom is -0.340 e. The molecule has 0 N–H and O–H groups in total. The highest BCUT2D eigenvalue weighted by Gasteiger charge is 2.37. The number of rotatable bonds is 7. The Bertz CT molecular complexity index is 1200. The Labute approximate surface area is 207 Å². The van der Waals surface area contributed by atoms with Crippen molar-refractivity contribution in [3.8, 4) is 0 Å². The van der Waals surface area contributed by atoms with Crippen molar-refractivity contribution in [2.75, 3.05) is 37.6 Å². The molecular formula is C27H33N3O4S. The van der Waals surface area contributed by atoms with Gasteiger partial charge in [-0.05, 0) is 55.5 Å². The fourth-order valence-corrected chi connectivity index (χ4v) is 6.44. The first-order chi connectivity index (χ1) is 16.8. The third-order valence-corrected chi connectivity index (χ3v) is 9.57. The van der Waals surface area contributed by atoms with E-state index in [0.717, 1.165) is 43.7 Å². The molecule has 1 atom stereocenters. The van der Waals surface area contributed by atoms with Crippen molar-refractivity contribution in [2.24, 2.45) is 5.92 Å². The molecular weight excluding hydrogens is 462 g/mol. The zero-order valence-corrected chi connectivity index (χ0v) is 21.0. The van der Waals surface area contributed by atoms with Crippen LogP contribution in [0.5, 0.6) is 0 Å². The molecule has 1 aliphatic carbocycles. The third kappa shape index (κ3) is 5.14. The van der Waals surface area contributed by atoms with Crippen LogP contribution in [0.3, 0.4) is 0 Å². The second-order valence-corrected chi connectivity index (χ2v) is 12.4. The number of anilines is 1. The molecule has 7 nitrogen and oxygen atoms in total. The van der Waals surface area contributed by atoms with E-state index in [1.165, 1.54) is 5.56 Å². The molecule has 2 aromatic carbocycles. The fourth-order valence-electron chi connectivity index (χ4n) is 5.05. The fraction of sp³-hybridized carbons (Fsp3) is 0.481. The normalized spacial score (nSPS) is 19.5. The van der Waals surface area contributed by atoms with Gasteiger partial charge in [0.2, 0.25) is 11.8 Å². The van der Waals surface area contributed by atoms with E-state index in [0.29, 0.717) is 26.1 Å². The van der Waals surface area contributed by atoms with Gasteiger partial charge < -0.3 is 9.80 Å². The molecule has 0 bridgehead atoms. The Morgan fingerprint density at radius 1 is 0.971 bits per heavy atom. The van der Waals surface area contributed by atoms with Crippen LogP contribution in [0.15, 0.2) is 53.4 Å². The summed E-state index contributed by atoms with van der Waals surface area (Å²) in [6, 6.07) is 15.3. The summed E-state index contributed by atoms with van der Waals surface area (Å²) in [5, 5.41) is -0.805. The van der Waals surface area contributed by atoms with Crippen molar-refractivity contribution in [1.29, 1.82) is 0 Å². The van der Waals surface area contributed by atoms with Gasteiger partial charge in [0.05, 0.1) is 10.1 Å². The van der Waals surface area contributed by atoms with Gasteiger partial charge in [0, 0.05) is 57.3 Å². The summed E-state index contributed by atoms with van der Waals surface area (Å²) in [5.74, 6) is 0.181. The summed E-state index contributed by atoms with van der Waals surface area (Å²) >= 11 is 0. The Kier molecular flexibility index (Phi) is 6.68. The number of carbonyl (C=O) groups is 2. The highest BCUT2D eigenvalue weighted by Crippen LogP contribution is 2.37. The monoisotopic (exact) mass is 495 g/mol. The van der Waals surface area contributed by atoms with E-state index in [4.69, 9.17) is 0 Å². The number of fused-ring (bicyclic) bond motifs is 1. The zero-order valence-electron chi connectivity index (χ0n) is 20.2. The largest absolute Gasteiger partial charge is 0.340 e. The van der Waals surface area contributed by atoms with Crippen LogP contribution in [0.4, 0.5) is 5.69 Å². The summed E-state index contributed by atoms with van der Waals surface area (Å²) in [7, 11) is -3.65. The summed E-state index contributed by atoms with van der Waals surface area (Å²) in [6.07, 6.45) is 2.54. The number of nitrogens with zero attached hydrogens (tertiary/aromatic N) is 3. The van der Waals surface area contributed by atoms with Crippen molar-refractivity contribution >= 4 is 27.3 Å². The van der Waals surface area contributed by atoms with E-state index in [1.807, 2.05) is 18.2 Å². The summed E-state index contributed by atoms with van der Waals surface area (Å²) in [6.45, 7) is 5.87. The van der Waals surface area contributed by atoms with Gasteiger partial charge in [-0.25, -0.2) is 8.42 Å². The number of carbonyl (C=O) groups excluding carboxylic acids is 2. The Morgan fingerprint density at radius 2 is 1.69 bits per heavy atom. The van der Waals surface area contributed by atoms with Crippen LogP contribution in [-0.2, 0) is 32.4 Å². The highest BCUT2D eigenvalue weighted by molar-refractivity contribution is 7.92. The van der Waals surface area contributed by atoms with Crippen molar-refractivity contribution in [3.63, 3.8) is 0 Å². The number of hydrogen-bond acceptors (Lipinski definition) is 5. The van der Waals surface area contributed by atoms with E-state index < -0.39 is 15.1 Å². The Hall–Kier alpha value is -2.71. The van der Waals surface area contributed by atoms with E-state index in [1.54, 1.807) is 34.9 Å². The number of amides is 2. The van der Waals surface area contributed by atoms with E-state index >= 15 is 0 Å². The lowest BCUT2D eigenvalue weighted by atomic mass is 10.2. The zero-order chi connectivity index (χ0) is 24.6. The Balaban J connectivity index is 1.18. The van der Waals surface area contributed by atoms with Crippen LogP contribution in [0.2, 0.25) is 0 Å². The third-order valence-electron chi connectivity index (χ3n) is 7.43. The van der Waals surface area contributed by atoms with Gasteiger partial charge in [-0.2, -0.15) is 0 Å². The molecule has 1 saturated carbocycles. The lowest BCUT2D eigenvalue weighted by Crippen LogP contribution is -2.49. The van der Waals surface area contributed by atoms with Gasteiger partial charge in [0.25, 0.3) is 0 Å². The molecule has 0 radical (unpaired) electrons. The summed E-state index contributed by atoms with van der Waals surface area (Å²) < 4.78 is 26.6. The van der Waals surface area contributed by atoms with Gasteiger partial charge in [-0.1, -0.05) is 30.3 Å². The molecule has 0 aromatic heterocycles. The van der Waals surface area contributed by atoms with Crippen LogP contribution >= 0.6 is 0 Å². The maximum absolute atomic E-state index is 13.3. The van der Waals surface area contributed by atoms with Crippen molar-refractivity contribution in [3.05, 3.63) is 59.7 Å². The Morgan fingerprint density at radius 3 is 2.37 bits per heavy atom. The number of piperazine rings is 1. The molecule has 2 aromatic rings. The molecule has 0 unspecified atom stereocenters. The van der Waals surface area contributed by atoms with E-state index in [9.17, 15) is 18.0 Å². The van der Waals surface area contributed by atoms with Gasteiger partial charge in [-0.15, -0.1) is 0 Å². The summed E-state index contributed by atoms with van der Waals surface area (Å²) in [5.41, 5.74) is 2.98. The molecule has 1 saturated heterocycles. The molecule has 8 heteroatoms.